The van der Waals surface area contributed by atoms with Crippen LogP contribution in [0.15, 0.2) is 242 Å². The van der Waals surface area contributed by atoms with Crippen LogP contribution in [0.1, 0.15) is 83.5 Å². The van der Waals surface area contributed by atoms with Gasteiger partial charge in [-0.15, -0.1) is 0 Å². The van der Waals surface area contributed by atoms with Gasteiger partial charge in [0, 0.05) is 77.5 Å². The first-order valence-corrected chi connectivity index (χ1v) is 30.2. The summed E-state index contributed by atoms with van der Waals surface area (Å²) >= 11 is 10.8. The maximum atomic E-state index is 10.4. The largest absolute Gasteiger partial charge is 0.469 e. The van der Waals surface area contributed by atoms with Gasteiger partial charge in [-0.3, -0.25) is 9.59 Å². The van der Waals surface area contributed by atoms with Crippen molar-refractivity contribution in [3.63, 3.8) is 0 Å². The van der Waals surface area contributed by atoms with Crippen molar-refractivity contribution < 1.29 is 89.6 Å². The van der Waals surface area contributed by atoms with E-state index in [4.69, 9.17) is 38.6 Å². The summed E-state index contributed by atoms with van der Waals surface area (Å²) in [6.07, 6.45) is 0.778. The third kappa shape index (κ3) is 21.8. The minimum atomic E-state index is -1.75. The van der Waals surface area contributed by atoms with Gasteiger partial charge in [-0.25, -0.2) is 4.99 Å². The number of aldehydes is 1. The van der Waals surface area contributed by atoms with Crippen LogP contribution in [0.3, 0.4) is 0 Å². The zero-order chi connectivity index (χ0) is 55.5. The fourth-order valence-corrected chi connectivity index (χ4v) is 15.4. The summed E-state index contributed by atoms with van der Waals surface area (Å²) in [7, 11) is 1.01. The van der Waals surface area contributed by atoms with Crippen LogP contribution in [-0.2, 0) is 86.7 Å². The third-order valence-corrected chi connectivity index (χ3v) is 20.8. The van der Waals surface area contributed by atoms with E-state index in [1.807, 2.05) is 86.6 Å². The number of carbonyl (C=O) groups excluding carboxylic acids is 2. The molecule has 402 valence electrons. The molecule has 9 aromatic carbocycles. The first-order chi connectivity index (χ1) is 37.9. The minimum Gasteiger partial charge on any atom is -0.469 e. The van der Waals surface area contributed by atoms with Gasteiger partial charge in [0.25, 0.3) is 0 Å². The van der Waals surface area contributed by atoms with E-state index in [1.54, 1.807) is 24.3 Å². The average Bonchev–Trinajstić information content (AvgIpc) is 4.26. The van der Waals surface area contributed by atoms with Crippen LogP contribution in [0, 0.1) is 39.8 Å². The summed E-state index contributed by atoms with van der Waals surface area (Å²) in [6.45, 7) is 8.32. The number of nitrogens with two attached hydrogens (primary N) is 1. The molecule has 0 aliphatic carbocycles. The van der Waals surface area contributed by atoms with E-state index < -0.39 is 18.3 Å². The Morgan fingerprint density at radius 2 is 1.02 bits per heavy atom. The molecule has 3 unspecified atom stereocenters. The molecular weight excluding hydrogens is 1220 g/mol. The molecule has 2 radical (unpaired) electrons. The molecule has 3 N–H and O–H groups in total. The SMILES string of the molecule is Cc1ccc(C(O)CN)cc1.Cc1ccc(C2CN=C(c3cc[c-]cc3)O2)cc1.Cc1ccc(C2CO2)cc1.Cc1ccc(C=O)cc1.O=C(Cl)c1cc[c-]cc1.S=P[P+](c1ccccc1)(c1ccccc1)c1ccccc1.[Y].[Y]. The number of halogens is 1. The minimum absolute atomic E-state index is 0. The van der Waals surface area contributed by atoms with Gasteiger partial charge in [-0.2, -0.15) is 60.7 Å². The number of hydrogen-bond acceptors (Lipinski definition) is 8. The van der Waals surface area contributed by atoms with Crippen LogP contribution >= 0.6 is 25.6 Å². The maximum Gasteiger partial charge on any atom is 0.228 e. The Bertz CT molecular complexity index is 3130. The zero-order valence-electron chi connectivity index (χ0n) is 45.4. The van der Waals surface area contributed by atoms with E-state index in [9.17, 15) is 14.7 Å². The normalized spacial score (nSPS) is 13.8. The number of aliphatic hydroxyl groups excluding tert-OH is 1. The Balaban J connectivity index is 0.000000213. The van der Waals surface area contributed by atoms with Gasteiger partial charge in [-0.05, 0) is 104 Å². The summed E-state index contributed by atoms with van der Waals surface area (Å²) in [5, 5.41) is 12.9. The molecule has 11 rings (SSSR count). The van der Waals surface area contributed by atoms with Crippen LogP contribution in [-0.4, -0.2) is 42.2 Å². The van der Waals surface area contributed by atoms with Gasteiger partial charge in [-0.1, -0.05) is 185 Å². The van der Waals surface area contributed by atoms with Crippen LogP contribution in [0.5, 0.6) is 0 Å². The second-order valence-electron chi connectivity index (χ2n) is 18.2. The molecule has 0 aromatic heterocycles. The van der Waals surface area contributed by atoms with E-state index >= 15 is 0 Å². The standard InChI is InChI=1S/C18H15P2S.C16H14NO.C9H13NO.C9H10O.C8H8O.C7H4ClO.2Y/c21-19-20(16-10-4-1-5-11-16,17-12-6-2-7-13-17)18-14-8-3-9-15-18;1-12-7-9-13(10-8-12)15-11-17-16(18-15)14-5-3-2-4-6-14;1-7-2-4-8(5-3-7)9(11)6-10;1-7-2-4-8(5-3-7)9-6-10-9;1-7-2-4-8(6-9)5-3-7;8-7(9)6-4-2-1-3-5-6;;/h1-15H;3-10,15H,11H2,1H3;2-5,9,11H,6,10H2,1H3;2-5,9H,6H2,1H3;2-6H,1H3;2-5H;;/q+1;-1;;;;-1;;. The number of aliphatic hydroxyl groups is 1. The number of carbonyl (C=O) groups is 2. The number of nitrogens with zero attached hydrogens (tertiary/aromatic N) is 1. The molecule has 0 amide bonds. The van der Waals surface area contributed by atoms with Gasteiger partial charge in [0.15, 0.2) is 19.9 Å². The summed E-state index contributed by atoms with van der Waals surface area (Å²) < 4.78 is 11.0. The average molecular weight is 1280 g/mol. The zero-order valence-corrected chi connectivity index (χ0v) is 54.4. The quantitative estimate of drug-likeness (QED) is 0.0436. The summed E-state index contributed by atoms with van der Waals surface area (Å²) in [4.78, 5) is 25.0. The smallest absolute Gasteiger partial charge is 0.228 e. The van der Waals surface area contributed by atoms with Gasteiger partial charge < -0.3 is 20.3 Å². The third-order valence-electron chi connectivity index (χ3n) is 12.2. The van der Waals surface area contributed by atoms with Crippen LogP contribution < -0.4 is 21.6 Å². The second kappa shape index (κ2) is 36.6. The number of hydrogen-bond donors (Lipinski definition) is 2. The fraction of sp³-hybridized carbons (Fsp3) is 0.149. The number of aliphatic imine (C=N–C) groups is 1. The maximum absolute atomic E-state index is 10.4. The Kier molecular flexibility index (Phi) is 30.9. The van der Waals surface area contributed by atoms with Gasteiger partial charge in [0.05, 0.1) is 19.3 Å². The molecule has 1 saturated heterocycles. The molecule has 0 spiro atoms. The molecule has 2 aliphatic rings. The number of rotatable bonds is 11. The van der Waals surface area contributed by atoms with Crippen molar-refractivity contribution in [1.29, 1.82) is 0 Å². The van der Waals surface area contributed by atoms with Crippen molar-refractivity contribution in [2.75, 3.05) is 19.7 Å². The molecule has 1 fully saturated rings. The molecule has 7 nitrogen and oxygen atoms in total. The van der Waals surface area contributed by atoms with Crippen molar-refractivity contribution in [3.05, 3.63) is 304 Å². The molecule has 0 bridgehead atoms. The van der Waals surface area contributed by atoms with Crippen molar-refractivity contribution in [2.45, 2.75) is 46.0 Å². The molecular formula is C67H64ClN2O5P2SY2-. The fourth-order valence-electron chi connectivity index (χ4n) is 7.65. The van der Waals surface area contributed by atoms with Crippen LogP contribution in [0.4, 0.5) is 0 Å². The first-order valence-electron chi connectivity index (χ1n) is 25.4. The summed E-state index contributed by atoms with van der Waals surface area (Å²) in [5.41, 5.74) is 15.9. The molecule has 2 aliphatic heterocycles. The van der Waals surface area contributed by atoms with Crippen LogP contribution in [0.25, 0.3) is 0 Å². The van der Waals surface area contributed by atoms with Crippen molar-refractivity contribution in [3.8, 4) is 0 Å². The first kappa shape index (κ1) is 67.6. The van der Waals surface area contributed by atoms with E-state index in [1.165, 1.54) is 49.3 Å². The van der Waals surface area contributed by atoms with Gasteiger partial charge in [0.1, 0.15) is 34.4 Å². The molecule has 80 heavy (non-hydrogen) atoms. The van der Waals surface area contributed by atoms with E-state index in [-0.39, 0.29) is 78.1 Å². The Morgan fingerprint density at radius 3 is 1.39 bits per heavy atom. The van der Waals surface area contributed by atoms with Crippen molar-refractivity contribution >= 4 is 70.7 Å². The van der Waals surface area contributed by atoms with Crippen molar-refractivity contribution in [1.82, 2.24) is 0 Å². The predicted molar refractivity (Wildman–Crippen MR) is 328 cm³/mol. The molecule has 2 heterocycles. The van der Waals surface area contributed by atoms with Gasteiger partial charge >= 0.3 is 0 Å². The number of aryl methyl sites for hydroxylation is 4. The summed E-state index contributed by atoms with van der Waals surface area (Å²) in [6, 6.07) is 84.2. The topological polar surface area (TPSA) is 115 Å². The van der Waals surface area contributed by atoms with E-state index in [0.29, 0.717) is 18.2 Å². The summed E-state index contributed by atoms with van der Waals surface area (Å²) in [5.74, 6) is 0.731. The molecule has 3 atom stereocenters. The second-order valence-corrected chi connectivity index (χ2v) is 25.2. The monoisotopic (exact) mass is 1280 g/mol. The van der Waals surface area contributed by atoms with Gasteiger partial charge in [0.2, 0.25) is 5.24 Å². The van der Waals surface area contributed by atoms with E-state index in [2.05, 4.69) is 170 Å². The predicted octanol–water partition coefficient (Wildman–Crippen LogP) is 14.3. The molecule has 0 saturated carbocycles. The Labute approximate surface area is 535 Å². The molecule has 13 heteroatoms. The van der Waals surface area contributed by atoms with Crippen LogP contribution in [0.2, 0.25) is 0 Å². The number of benzene rings is 9. The Hall–Kier alpha value is -4.88. The molecule has 9 aromatic rings. The number of epoxide rings is 1. The Morgan fingerprint density at radius 1 is 0.637 bits per heavy atom. The van der Waals surface area contributed by atoms with E-state index in [0.717, 1.165) is 42.5 Å². The van der Waals surface area contributed by atoms with Crippen molar-refractivity contribution in [2.24, 2.45) is 10.7 Å². The number of ether oxygens (including phenoxy) is 2.